The molecule has 116 valence electrons. The summed E-state index contributed by atoms with van der Waals surface area (Å²) in [6, 6.07) is 5.42. The molecule has 0 bridgehead atoms. The Morgan fingerprint density at radius 2 is 2.04 bits per heavy atom. The van der Waals surface area contributed by atoms with E-state index in [9.17, 15) is 4.79 Å². The van der Waals surface area contributed by atoms with Gasteiger partial charge in [-0.2, -0.15) is 0 Å². The molecule has 1 aliphatic heterocycles. The molecular weight excluding hydrogens is 312 g/mol. The monoisotopic (exact) mass is 326 g/mol. The molecular formula is C16H14N4O2S. The van der Waals surface area contributed by atoms with Crippen molar-refractivity contribution in [3.63, 3.8) is 0 Å². The largest absolute Gasteiger partial charge is 0.465 e. The lowest BCUT2D eigenvalue weighted by molar-refractivity contribution is 0.0772. The minimum atomic E-state index is 0.00259. The van der Waals surface area contributed by atoms with Gasteiger partial charge in [0.25, 0.3) is 11.1 Å². The van der Waals surface area contributed by atoms with Crippen LogP contribution in [0.15, 0.2) is 42.2 Å². The fraction of sp³-hybridized carbons (Fsp3) is 0.250. The van der Waals surface area contributed by atoms with E-state index in [-0.39, 0.29) is 12.0 Å². The van der Waals surface area contributed by atoms with Crippen LogP contribution in [0.4, 0.5) is 0 Å². The van der Waals surface area contributed by atoms with Crippen LogP contribution < -0.4 is 4.74 Å². The lowest BCUT2D eigenvalue weighted by Gasteiger charge is -2.16. The van der Waals surface area contributed by atoms with Gasteiger partial charge in [-0.05, 0) is 18.2 Å². The number of hydrogen-bond acceptors (Lipinski definition) is 6. The first-order valence-corrected chi connectivity index (χ1v) is 8.24. The predicted octanol–water partition coefficient (Wildman–Crippen LogP) is 2.38. The van der Waals surface area contributed by atoms with Crippen molar-refractivity contribution in [3.05, 3.63) is 47.7 Å². The Balaban J connectivity index is 1.48. The molecule has 1 aromatic carbocycles. The third-order valence-electron chi connectivity index (χ3n) is 3.83. The smallest absolute Gasteiger partial charge is 0.273 e. The summed E-state index contributed by atoms with van der Waals surface area (Å²) in [5, 5.41) is 2.54. The topological polar surface area (TPSA) is 68.2 Å². The van der Waals surface area contributed by atoms with E-state index < -0.39 is 0 Å². The second kappa shape index (κ2) is 5.92. The van der Waals surface area contributed by atoms with Crippen molar-refractivity contribution in [1.82, 2.24) is 19.9 Å². The molecule has 1 atom stereocenters. The predicted molar refractivity (Wildman–Crippen MR) is 86.6 cm³/mol. The van der Waals surface area contributed by atoms with Gasteiger partial charge in [0.15, 0.2) is 0 Å². The first kappa shape index (κ1) is 14.1. The van der Waals surface area contributed by atoms with Gasteiger partial charge in [-0.25, -0.2) is 4.98 Å². The molecule has 3 heterocycles. The number of fused-ring (bicyclic) bond motifs is 1. The summed E-state index contributed by atoms with van der Waals surface area (Å²) < 4.78 is 5.79. The van der Waals surface area contributed by atoms with E-state index in [4.69, 9.17) is 4.74 Å². The number of carbonyl (C=O) groups is 1. The molecule has 0 radical (unpaired) electrons. The van der Waals surface area contributed by atoms with Crippen LogP contribution in [0.1, 0.15) is 16.8 Å². The lowest BCUT2D eigenvalue weighted by Crippen LogP contribution is -2.30. The van der Waals surface area contributed by atoms with Crippen LogP contribution in [0.25, 0.3) is 11.0 Å². The summed E-state index contributed by atoms with van der Waals surface area (Å²) >= 11 is 1.47. The molecule has 4 rings (SSSR count). The molecule has 23 heavy (non-hydrogen) atoms. The molecule has 3 aromatic rings. The number of aromatic nitrogens is 3. The van der Waals surface area contributed by atoms with Crippen molar-refractivity contribution in [3.8, 4) is 5.19 Å². The minimum Gasteiger partial charge on any atom is -0.465 e. The summed E-state index contributed by atoms with van der Waals surface area (Å²) in [5.74, 6) is 0.00259. The minimum absolute atomic E-state index is 0.00259. The van der Waals surface area contributed by atoms with Gasteiger partial charge in [0, 0.05) is 42.5 Å². The fourth-order valence-electron chi connectivity index (χ4n) is 2.70. The first-order chi connectivity index (χ1) is 11.3. The van der Waals surface area contributed by atoms with E-state index in [0.717, 1.165) is 17.5 Å². The highest BCUT2D eigenvalue weighted by atomic mass is 32.1. The molecule has 0 N–H and O–H groups in total. The average Bonchev–Trinajstić information content (AvgIpc) is 3.26. The van der Waals surface area contributed by atoms with E-state index in [1.165, 1.54) is 11.3 Å². The molecule has 1 amide bonds. The van der Waals surface area contributed by atoms with Crippen molar-refractivity contribution in [1.29, 1.82) is 0 Å². The highest BCUT2D eigenvalue weighted by Gasteiger charge is 2.28. The molecule has 7 heteroatoms. The molecule has 0 saturated carbocycles. The third-order valence-corrected chi connectivity index (χ3v) is 4.49. The van der Waals surface area contributed by atoms with E-state index >= 15 is 0 Å². The number of rotatable bonds is 3. The molecule has 1 unspecified atom stereocenters. The third kappa shape index (κ3) is 2.87. The van der Waals surface area contributed by atoms with Gasteiger partial charge in [-0.1, -0.05) is 11.3 Å². The Morgan fingerprint density at radius 1 is 1.17 bits per heavy atom. The van der Waals surface area contributed by atoms with Gasteiger partial charge >= 0.3 is 0 Å². The molecule has 2 aromatic heterocycles. The first-order valence-electron chi connectivity index (χ1n) is 7.36. The van der Waals surface area contributed by atoms with Gasteiger partial charge in [0.1, 0.15) is 6.10 Å². The van der Waals surface area contributed by atoms with Crippen molar-refractivity contribution < 1.29 is 9.53 Å². The Kier molecular flexibility index (Phi) is 3.63. The van der Waals surface area contributed by atoms with Gasteiger partial charge in [0.05, 0.1) is 17.6 Å². The zero-order valence-corrected chi connectivity index (χ0v) is 13.1. The zero-order chi connectivity index (χ0) is 15.6. The van der Waals surface area contributed by atoms with E-state index in [1.807, 2.05) is 16.3 Å². The van der Waals surface area contributed by atoms with E-state index in [2.05, 4.69) is 15.0 Å². The summed E-state index contributed by atoms with van der Waals surface area (Å²) in [6.45, 7) is 1.27. The Morgan fingerprint density at radius 3 is 2.87 bits per heavy atom. The number of nitrogens with zero attached hydrogens (tertiary/aromatic N) is 4. The van der Waals surface area contributed by atoms with Crippen LogP contribution in [-0.4, -0.2) is 45.0 Å². The highest BCUT2D eigenvalue weighted by molar-refractivity contribution is 7.11. The maximum absolute atomic E-state index is 12.6. The number of hydrogen-bond donors (Lipinski definition) is 0. The van der Waals surface area contributed by atoms with E-state index in [0.29, 0.717) is 23.8 Å². The van der Waals surface area contributed by atoms with Crippen LogP contribution in [0, 0.1) is 0 Å². The zero-order valence-electron chi connectivity index (χ0n) is 12.3. The number of thiazole rings is 1. The molecule has 6 nitrogen and oxygen atoms in total. The number of amides is 1. The van der Waals surface area contributed by atoms with Crippen LogP contribution in [0.5, 0.6) is 5.19 Å². The average molecular weight is 326 g/mol. The van der Waals surface area contributed by atoms with Crippen LogP contribution in [0.3, 0.4) is 0 Å². The number of likely N-dealkylation sites (tertiary alicyclic amines) is 1. The maximum Gasteiger partial charge on any atom is 0.273 e. The Hall–Kier alpha value is -2.54. The summed E-state index contributed by atoms with van der Waals surface area (Å²) in [7, 11) is 0. The summed E-state index contributed by atoms with van der Waals surface area (Å²) in [5.41, 5.74) is 2.15. The second-order valence-electron chi connectivity index (χ2n) is 5.34. The summed E-state index contributed by atoms with van der Waals surface area (Å²) in [4.78, 5) is 27.1. The van der Waals surface area contributed by atoms with Crippen molar-refractivity contribution in [2.24, 2.45) is 0 Å². The van der Waals surface area contributed by atoms with Crippen molar-refractivity contribution in [2.75, 3.05) is 13.1 Å². The summed E-state index contributed by atoms with van der Waals surface area (Å²) in [6.07, 6.45) is 5.81. The lowest BCUT2D eigenvalue weighted by atomic mass is 10.1. The number of benzene rings is 1. The van der Waals surface area contributed by atoms with Gasteiger partial charge in [-0.3, -0.25) is 14.8 Å². The van der Waals surface area contributed by atoms with Gasteiger partial charge in [0.2, 0.25) is 0 Å². The van der Waals surface area contributed by atoms with Crippen LogP contribution >= 0.6 is 11.3 Å². The molecule has 1 fully saturated rings. The van der Waals surface area contributed by atoms with Gasteiger partial charge < -0.3 is 9.64 Å². The maximum atomic E-state index is 12.6. The molecule has 1 saturated heterocycles. The quantitative estimate of drug-likeness (QED) is 0.739. The van der Waals surface area contributed by atoms with Crippen molar-refractivity contribution >= 4 is 28.3 Å². The second-order valence-corrected chi connectivity index (χ2v) is 6.19. The van der Waals surface area contributed by atoms with Gasteiger partial charge in [-0.15, -0.1) is 0 Å². The van der Waals surface area contributed by atoms with Crippen LogP contribution in [-0.2, 0) is 0 Å². The Labute approximate surface area is 136 Å². The number of ether oxygens (including phenoxy) is 1. The Bertz CT molecular complexity index is 837. The highest BCUT2D eigenvalue weighted by Crippen LogP contribution is 2.22. The molecule has 0 spiro atoms. The SMILES string of the molecule is O=C(c1ccc2nccnc2c1)N1CCC(Oc2nccs2)C1. The molecule has 1 aliphatic rings. The van der Waals surface area contributed by atoms with E-state index in [1.54, 1.807) is 30.7 Å². The fourth-order valence-corrected chi connectivity index (χ4v) is 3.25. The van der Waals surface area contributed by atoms with Crippen molar-refractivity contribution in [2.45, 2.75) is 12.5 Å². The molecule has 0 aliphatic carbocycles. The normalized spacial score (nSPS) is 17.6. The number of carbonyl (C=O) groups excluding carboxylic acids is 1. The van der Waals surface area contributed by atoms with Crippen LogP contribution in [0.2, 0.25) is 0 Å². The standard InChI is InChI=1S/C16H14N4O2S/c21-15(11-1-2-13-14(9-11)18-5-4-17-13)20-7-3-12(10-20)22-16-19-6-8-23-16/h1-2,4-6,8-9,12H,3,7,10H2.